The van der Waals surface area contributed by atoms with E-state index in [1.807, 2.05) is 26.0 Å². The lowest BCUT2D eigenvalue weighted by molar-refractivity contribution is -0.154. The largest absolute Gasteiger partial charge is 0.493 e. The summed E-state index contributed by atoms with van der Waals surface area (Å²) in [5.74, 6) is 0.592. The highest BCUT2D eigenvalue weighted by Gasteiger charge is 2.30. The number of ether oxygens (including phenoxy) is 2. The molecular formula is C16H20O3. The summed E-state index contributed by atoms with van der Waals surface area (Å²) in [7, 11) is 0. The SMILES string of the molecule is C=C(C)C(=O)OC(C)(CC)c1ccc2c(c1)CCO2. The minimum atomic E-state index is -0.617. The smallest absolute Gasteiger partial charge is 0.333 e. The number of esters is 1. The monoisotopic (exact) mass is 260 g/mol. The summed E-state index contributed by atoms with van der Waals surface area (Å²) in [5.41, 5.74) is 2.00. The van der Waals surface area contributed by atoms with Crippen LogP contribution in [0.4, 0.5) is 0 Å². The van der Waals surface area contributed by atoms with Crippen molar-refractivity contribution in [3.05, 3.63) is 41.5 Å². The standard InChI is InChI=1S/C16H20O3/c1-5-16(4,19-15(17)11(2)3)13-6-7-14-12(10-13)8-9-18-14/h6-7,10H,2,5,8-9H2,1,3-4H3. The molecule has 1 unspecified atom stereocenters. The molecule has 1 heterocycles. The molecule has 3 heteroatoms. The van der Waals surface area contributed by atoms with E-state index in [1.54, 1.807) is 6.92 Å². The molecule has 1 aliphatic heterocycles. The minimum Gasteiger partial charge on any atom is -0.493 e. The van der Waals surface area contributed by atoms with Crippen molar-refractivity contribution in [3.8, 4) is 5.75 Å². The Morgan fingerprint density at radius 3 is 2.89 bits per heavy atom. The Bertz CT molecular complexity index is 519. The highest BCUT2D eigenvalue weighted by molar-refractivity contribution is 5.87. The van der Waals surface area contributed by atoms with E-state index in [2.05, 4.69) is 12.6 Å². The molecule has 0 bridgehead atoms. The number of carbonyl (C=O) groups is 1. The summed E-state index contributed by atoms with van der Waals surface area (Å²) < 4.78 is 11.1. The molecule has 1 aromatic rings. The van der Waals surface area contributed by atoms with E-state index in [4.69, 9.17) is 9.47 Å². The van der Waals surface area contributed by atoms with E-state index in [9.17, 15) is 4.79 Å². The van der Waals surface area contributed by atoms with Crippen LogP contribution in [0.25, 0.3) is 0 Å². The number of carbonyl (C=O) groups excluding carboxylic acids is 1. The van der Waals surface area contributed by atoms with Gasteiger partial charge in [0, 0.05) is 12.0 Å². The van der Waals surface area contributed by atoms with Gasteiger partial charge in [0.1, 0.15) is 11.4 Å². The van der Waals surface area contributed by atoms with Crippen LogP contribution in [0.15, 0.2) is 30.4 Å². The first kappa shape index (κ1) is 13.7. The van der Waals surface area contributed by atoms with Crippen molar-refractivity contribution in [2.75, 3.05) is 6.61 Å². The number of hydrogen-bond acceptors (Lipinski definition) is 3. The third-order valence-electron chi connectivity index (χ3n) is 3.64. The molecular weight excluding hydrogens is 240 g/mol. The van der Waals surface area contributed by atoms with E-state index < -0.39 is 5.60 Å². The molecule has 0 spiro atoms. The number of benzene rings is 1. The van der Waals surface area contributed by atoms with Gasteiger partial charge in [0.05, 0.1) is 6.61 Å². The van der Waals surface area contributed by atoms with Gasteiger partial charge in [-0.25, -0.2) is 4.79 Å². The molecule has 1 aliphatic rings. The molecule has 0 radical (unpaired) electrons. The average Bonchev–Trinajstić information content (AvgIpc) is 2.85. The number of hydrogen-bond donors (Lipinski definition) is 0. The van der Waals surface area contributed by atoms with E-state index in [0.29, 0.717) is 12.0 Å². The first-order valence-corrected chi connectivity index (χ1v) is 6.61. The topological polar surface area (TPSA) is 35.5 Å². The van der Waals surface area contributed by atoms with Gasteiger partial charge in [-0.15, -0.1) is 0 Å². The minimum absolute atomic E-state index is 0.346. The van der Waals surface area contributed by atoms with Crippen LogP contribution in [0.2, 0.25) is 0 Å². The van der Waals surface area contributed by atoms with Crippen LogP contribution in [-0.4, -0.2) is 12.6 Å². The van der Waals surface area contributed by atoms with Crippen LogP contribution in [0.3, 0.4) is 0 Å². The lowest BCUT2D eigenvalue weighted by Gasteiger charge is -2.29. The van der Waals surface area contributed by atoms with E-state index in [0.717, 1.165) is 24.3 Å². The number of rotatable bonds is 4. The van der Waals surface area contributed by atoms with Gasteiger partial charge in [-0.3, -0.25) is 0 Å². The van der Waals surface area contributed by atoms with Crippen LogP contribution < -0.4 is 4.74 Å². The van der Waals surface area contributed by atoms with Crippen molar-refractivity contribution in [2.45, 2.75) is 39.2 Å². The Morgan fingerprint density at radius 1 is 1.53 bits per heavy atom. The summed E-state index contributed by atoms with van der Waals surface area (Å²) in [4.78, 5) is 11.8. The van der Waals surface area contributed by atoms with Crippen LogP contribution in [-0.2, 0) is 21.6 Å². The lowest BCUT2D eigenvalue weighted by atomic mass is 9.91. The maximum absolute atomic E-state index is 11.8. The molecule has 2 rings (SSSR count). The van der Waals surface area contributed by atoms with Gasteiger partial charge in [0.25, 0.3) is 0 Å². The van der Waals surface area contributed by atoms with Crippen LogP contribution in [0.1, 0.15) is 38.3 Å². The first-order chi connectivity index (χ1) is 8.96. The Balaban J connectivity index is 2.30. The van der Waals surface area contributed by atoms with Gasteiger partial charge in [-0.05, 0) is 43.5 Å². The van der Waals surface area contributed by atoms with Gasteiger partial charge in [-0.1, -0.05) is 19.6 Å². The second kappa shape index (κ2) is 5.08. The van der Waals surface area contributed by atoms with Gasteiger partial charge in [0.15, 0.2) is 0 Å². The maximum Gasteiger partial charge on any atom is 0.333 e. The van der Waals surface area contributed by atoms with Crippen LogP contribution >= 0.6 is 0 Å². The molecule has 3 nitrogen and oxygen atoms in total. The zero-order valence-electron chi connectivity index (χ0n) is 11.8. The van der Waals surface area contributed by atoms with Crippen molar-refractivity contribution >= 4 is 5.97 Å². The summed E-state index contributed by atoms with van der Waals surface area (Å²) in [6.45, 7) is 9.97. The summed E-state index contributed by atoms with van der Waals surface area (Å²) >= 11 is 0. The second-order valence-electron chi connectivity index (χ2n) is 5.18. The fraction of sp³-hybridized carbons (Fsp3) is 0.438. The van der Waals surface area contributed by atoms with E-state index >= 15 is 0 Å². The van der Waals surface area contributed by atoms with Crippen LogP contribution in [0, 0.1) is 0 Å². The second-order valence-corrected chi connectivity index (χ2v) is 5.18. The molecule has 0 fully saturated rings. The van der Waals surface area contributed by atoms with Crippen molar-refractivity contribution in [3.63, 3.8) is 0 Å². The van der Waals surface area contributed by atoms with Gasteiger partial charge in [0.2, 0.25) is 0 Å². The lowest BCUT2D eigenvalue weighted by Crippen LogP contribution is -2.28. The van der Waals surface area contributed by atoms with Crippen molar-refractivity contribution in [1.82, 2.24) is 0 Å². The molecule has 0 aromatic heterocycles. The molecule has 19 heavy (non-hydrogen) atoms. The molecule has 1 aromatic carbocycles. The zero-order valence-corrected chi connectivity index (χ0v) is 11.8. The molecule has 0 saturated heterocycles. The van der Waals surface area contributed by atoms with Gasteiger partial charge >= 0.3 is 5.97 Å². The number of fused-ring (bicyclic) bond motifs is 1. The zero-order chi connectivity index (χ0) is 14.0. The van der Waals surface area contributed by atoms with Crippen molar-refractivity contribution in [1.29, 1.82) is 0 Å². The summed E-state index contributed by atoms with van der Waals surface area (Å²) in [6.07, 6.45) is 1.63. The Hall–Kier alpha value is -1.77. The molecule has 102 valence electrons. The molecule has 0 aliphatic carbocycles. The van der Waals surface area contributed by atoms with E-state index in [-0.39, 0.29) is 5.97 Å². The molecule has 0 amide bonds. The third kappa shape index (κ3) is 2.65. The van der Waals surface area contributed by atoms with Crippen molar-refractivity contribution in [2.24, 2.45) is 0 Å². The molecule has 1 atom stereocenters. The molecule has 0 saturated carbocycles. The fourth-order valence-corrected chi connectivity index (χ4v) is 2.14. The summed E-state index contributed by atoms with van der Waals surface area (Å²) in [5, 5.41) is 0. The van der Waals surface area contributed by atoms with Gasteiger partial charge < -0.3 is 9.47 Å². The highest BCUT2D eigenvalue weighted by atomic mass is 16.6. The Morgan fingerprint density at radius 2 is 2.26 bits per heavy atom. The van der Waals surface area contributed by atoms with E-state index in [1.165, 1.54) is 5.56 Å². The van der Waals surface area contributed by atoms with Crippen molar-refractivity contribution < 1.29 is 14.3 Å². The first-order valence-electron chi connectivity index (χ1n) is 6.61. The third-order valence-corrected chi connectivity index (χ3v) is 3.64. The highest BCUT2D eigenvalue weighted by Crippen LogP contribution is 2.34. The van der Waals surface area contributed by atoms with Gasteiger partial charge in [-0.2, -0.15) is 0 Å². The fourth-order valence-electron chi connectivity index (χ4n) is 2.14. The maximum atomic E-state index is 11.8. The predicted molar refractivity (Wildman–Crippen MR) is 74.2 cm³/mol. The summed E-state index contributed by atoms with van der Waals surface area (Å²) in [6, 6.07) is 6.01. The van der Waals surface area contributed by atoms with Crippen LogP contribution in [0.5, 0.6) is 5.75 Å². The Kier molecular flexibility index (Phi) is 3.65. The normalized spacial score (nSPS) is 16.2. The predicted octanol–water partition coefficient (Wildman–Crippen LogP) is 3.37. The Labute approximate surface area is 114 Å². The molecule has 0 N–H and O–H groups in total. The quantitative estimate of drug-likeness (QED) is 0.615. The average molecular weight is 260 g/mol.